The summed E-state index contributed by atoms with van der Waals surface area (Å²) in [6.07, 6.45) is 7.20. The predicted molar refractivity (Wildman–Crippen MR) is 64.6 cm³/mol. The first-order valence-electron chi connectivity index (χ1n) is 6.12. The Kier molecular flexibility index (Phi) is 9.73. The Hall–Kier alpha value is -1.08. The van der Waals surface area contributed by atoms with Gasteiger partial charge in [0.15, 0.2) is 0 Å². The zero-order chi connectivity index (χ0) is 12.2. The Morgan fingerprint density at radius 2 is 2.25 bits per heavy atom. The fraction of sp³-hybridized carbons (Fsp3) is 0.833. The van der Waals surface area contributed by atoms with E-state index in [2.05, 4.69) is 12.2 Å². The van der Waals surface area contributed by atoms with Gasteiger partial charge in [0, 0.05) is 13.0 Å². The van der Waals surface area contributed by atoms with Crippen molar-refractivity contribution >= 4 is 5.91 Å². The van der Waals surface area contributed by atoms with E-state index in [9.17, 15) is 4.79 Å². The Morgan fingerprint density at radius 1 is 1.50 bits per heavy atom. The maximum atomic E-state index is 10.6. The molecule has 1 atom stereocenters. The lowest BCUT2D eigenvalue weighted by atomic mass is 10.1. The van der Waals surface area contributed by atoms with E-state index in [1.807, 2.05) is 6.07 Å². The van der Waals surface area contributed by atoms with Crippen molar-refractivity contribution in [1.29, 1.82) is 5.26 Å². The number of rotatable bonds is 3. The largest absolute Gasteiger partial charge is 0.356 e. The molecule has 4 nitrogen and oxygen atoms in total. The molecule has 0 aromatic heterocycles. The van der Waals surface area contributed by atoms with Crippen LogP contribution in [0.1, 0.15) is 51.9 Å². The summed E-state index contributed by atoms with van der Waals surface area (Å²) in [7, 11) is 0. The van der Waals surface area contributed by atoms with Crippen molar-refractivity contribution in [2.75, 3.05) is 6.54 Å². The van der Waals surface area contributed by atoms with Gasteiger partial charge in [0.1, 0.15) is 0 Å². The normalized spacial score (nSPS) is 17.2. The number of nitrogens with zero attached hydrogens (tertiary/aromatic N) is 1. The zero-order valence-corrected chi connectivity index (χ0v) is 10.2. The summed E-state index contributed by atoms with van der Waals surface area (Å²) in [4.78, 5) is 10.6. The molecule has 1 aliphatic heterocycles. The van der Waals surface area contributed by atoms with Crippen LogP contribution in [0.3, 0.4) is 0 Å². The molecule has 1 fully saturated rings. The van der Waals surface area contributed by atoms with Gasteiger partial charge in [-0.1, -0.05) is 26.2 Å². The van der Waals surface area contributed by atoms with Gasteiger partial charge >= 0.3 is 0 Å². The molecule has 1 aliphatic rings. The summed E-state index contributed by atoms with van der Waals surface area (Å²) in [5, 5.41) is 11.0. The summed E-state index contributed by atoms with van der Waals surface area (Å²) in [6, 6.07) is 1.74. The molecule has 4 heteroatoms. The molecule has 1 saturated heterocycles. The van der Waals surface area contributed by atoms with Crippen molar-refractivity contribution in [2.24, 2.45) is 5.73 Å². The number of carbonyl (C=O) groups excluding carboxylic acids is 1. The molecule has 0 spiro atoms. The zero-order valence-electron chi connectivity index (χ0n) is 10.2. The van der Waals surface area contributed by atoms with E-state index < -0.39 is 0 Å². The molecule has 16 heavy (non-hydrogen) atoms. The number of nitrogens with one attached hydrogen (secondary N) is 1. The molecule has 1 unspecified atom stereocenters. The van der Waals surface area contributed by atoms with E-state index in [4.69, 9.17) is 11.0 Å². The Balaban J connectivity index is 0.000000281. The second-order valence-electron chi connectivity index (χ2n) is 4.04. The minimum atomic E-state index is -0.241. The highest BCUT2D eigenvalue weighted by molar-refractivity contribution is 5.75. The summed E-state index contributed by atoms with van der Waals surface area (Å²) < 4.78 is 0. The average Bonchev–Trinajstić information content (AvgIpc) is 2.54. The van der Waals surface area contributed by atoms with Gasteiger partial charge in [-0.2, -0.15) is 5.26 Å². The van der Waals surface area contributed by atoms with Crippen molar-refractivity contribution < 1.29 is 4.79 Å². The van der Waals surface area contributed by atoms with Crippen LogP contribution in [-0.4, -0.2) is 18.5 Å². The maximum absolute atomic E-state index is 10.6. The number of nitrogens with two attached hydrogens (primary N) is 1. The number of unbranched alkanes of at least 4 members (excludes halogenated alkanes) is 1. The van der Waals surface area contributed by atoms with Gasteiger partial charge in [-0.25, -0.2) is 0 Å². The minimum absolute atomic E-state index is 0.225. The van der Waals surface area contributed by atoms with Gasteiger partial charge in [-0.3, -0.25) is 4.79 Å². The quantitative estimate of drug-likeness (QED) is 0.767. The van der Waals surface area contributed by atoms with Crippen LogP contribution < -0.4 is 11.1 Å². The lowest BCUT2D eigenvalue weighted by Gasteiger charge is -1.96. The van der Waals surface area contributed by atoms with Gasteiger partial charge in [-0.15, -0.1) is 0 Å². The van der Waals surface area contributed by atoms with Crippen molar-refractivity contribution in [3.05, 3.63) is 0 Å². The molecule has 0 aromatic carbocycles. The van der Waals surface area contributed by atoms with Gasteiger partial charge < -0.3 is 11.1 Å². The van der Waals surface area contributed by atoms with Crippen LogP contribution >= 0.6 is 0 Å². The summed E-state index contributed by atoms with van der Waals surface area (Å²) in [6.45, 7) is 2.98. The standard InChI is InChI=1S/C6H12N2.C6H11NO/c1-2-3-4-6(8)5-7;8-6-4-2-1-3-5-7-6/h6H,2-4,8H2,1H3;1-5H2,(H,7,8). The minimum Gasteiger partial charge on any atom is -0.356 e. The highest BCUT2D eigenvalue weighted by Crippen LogP contribution is 2.02. The second kappa shape index (κ2) is 10.4. The highest BCUT2D eigenvalue weighted by atomic mass is 16.1. The number of hydrogen-bond acceptors (Lipinski definition) is 3. The molecule has 3 N–H and O–H groups in total. The SMILES string of the molecule is CCCCC(N)C#N.O=C1CCCCCN1. The van der Waals surface area contributed by atoms with E-state index in [-0.39, 0.29) is 11.9 Å². The third-order valence-corrected chi connectivity index (χ3v) is 2.44. The summed E-state index contributed by atoms with van der Waals surface area (Å²) in [5.41, 5.74) is 5.30. The van der Waals surface area contributed by atoms with Crippen LogP contribution in [0.4, 0.5) is 0 Å². The van der Waals surface area contributed by atoms with Crippen LogP contribution in [0.25, 0.3) is 0 Å². The number of nitriles is 1. The first-order chi connectivity index (χ1) is 7.70. The molecule has 1 heterocycles. The van der Waals surface area contributed by atoms with Crippen LogP contribution in [-0.2, 0) is 4.79 Å². The lowest BCUT2D eigenvalue weighted by Crippen LogP contribution is -2.21. The number of hydrogen-bond donors (Lipinski definition) is 2. The van der Waals surface area contributed by atoms with E-state index >= 15 is 0 Å². The summed E-state index contributed by atoms with van der Waals surface area (Å²) in [5.74, 6) is 0.225. The Morgan fingerprint density at radius 3 is 2.88 bits per heavy atom. The second-order valence-corrected chi connectivity index (χ2v) is 4.04. The number of amides is 1. The molecule has 1 amide bonds. The van der Waals surface area contributed by atoms with Gasteiger partial charge in [-0.05, 0) is 19.3 Å². The van der Waals surface area contributed by atoms with E-state index in [1.165, 1.54) is 6.42 Å². The van der Waals surface area contributed by atoms with Crippen LogP contribution in [0, 0.1) is 11.3 Å². The first kappa shape index (κ1) is 14.9. The van der Waals surface area contributed by atoms with Gasteiger partial charge in [0.2, 0.25) is 5.91 Å². The Labute approximate surface area is 98.2 Å². The smallest absolute Gasteiger partial charge is 0.219 e. The van der Waals surface area contributed by atoms with Gasteiger partial charge in [0.25, 0.3) is 0 Å². The van der Waals surface area contributed by atoms with Crippen LogP contribution in [0.2, 0.25) is 0 Å². The number of carbonyl (C=O) groups is 1. The topological polar surface area (TPSA) is 78.9 Å². The molecular formula is C12H23N3O. The van der Waals surface area contributed by atoms with E-state index in [0.717, 1.165) is 45.1 Å². The summed E-state index contributed by atoms with van der Waals surface area (Å²) >= 11 is 0. The first-order valence-corrected chi connectivity index (χ1v) is 6.12. The fourth-order valence-corrected chi connectivity index (χ4v) is 1.39. The third-order valence-electron chi connectivity index (χ3n) is 2.44. The fourth-order valence-electron chi connectivity index (χ4n) is 1.39. The molecule has 0 aromatic rings. The molecular weight excluding hydrogens is 202 g/mol. The highest BCUT2D eigenvalue weighted by Gasteiger charge is 2.03. The molecule has 0 radical (unpaired) electrons. The lowest BCUT2D eigenvalue weighted by molar-refractivity contribution is -0.120. The molecule has 0 saturated carbocycles. The van der Waals surface area contributed by atoms with Crippen LogP contribution in [0.15, 0.2) is 0 Å². The predicted octanol–water partition coefficient (Wildman–Crippen LogP) is 1.70. The van der Waals surface area contributed by atoms with Crippen molar-refractivity contribution in [3.63, 3.8) is 0 Å². The third kappa shape index (κ3) is 9.47. The van der Waals surface area contributed by atoms with Gasteiger partial charge in [0.05, 0.1) is 12.1 Å². The molecule has 1 rings (SSSR count). The van der Waals surface area contributed by atoms with Crippen molar-refractivity contribution in [1.82, 2.24) is 5.32 Å². The molecule has 0 aliphatic carbocycles. The average molecular weight is 225 g/mol. The molecule has 0 bridgehead atoms. The van der Waals surface area contributed by atoms with Crippen LogP contribution in [0.5, 0.6) is 0 Å². The monoisotopic (exact) mass is 225 g/mol. The van der Waals surface area contributed by atoms with Crippen molar-refractivity contribution in [2.45, 2.75) is 57.9 Å². The maximum Gasteiger partial charge on any atom is 0.219 e. The Bertz CT molecular complexity index is 213. The van der Waals surface area contributed by atoms with E-state index in [1.54, 1.807) is 0 Å². The van der Waals surface area contributed by atoms with Crippen molar-refractivity contribution in [3.8, 4) is 6.07 Å². The van der Waals surface area contributed by atoms with E-state index in [0.29, 0.717) is 0 Å². The molecule has 92 valence electrons.